The van der Waals surface area contributed by atoms with Crippen LogP contribution in [0.2, 0.25) is 0 Å². The van der Waals surface area contributed by atoms with E-state index in [1.165, 1.54) is 5.56 Å². The van der Waals surface area contributed by atoms with Gasteiger partial charge in [0.1, 0.15) is 11.4 Å². The van der Waals surface area contributed by atoms with Gasteiger partial charge >= 0.3 is 0 Å². The van der Waals surface area contributed by atoms with Crippen LogP contribution in [0.1, 0.15) is 40.2 Å². The van der Waals surface area contributed by atoms with Crippen molar-refractivity contribution in [1.82, 2.24) is 5.32 Å². The van der Waals surface area contributed by atoms with Crippen LogP contribution in [0.4, 0.5) is 0 Å². The van der Waals surface area contributed by atoms with E-state index in [4.69, 9.17) is 11.6 Å². The van der Waals surface area contributed by atoms with Gasteiger partial charge in [-0.05, 0) is 40.2 Å². The number of hydrogen-bond acceptors (Lipinski definition) is 0. The first-order chi connectivity index (χ1) is 8.18. The first-order valence-electron chi connectivity index (χ1n) is 6.31. The molecule has 1 aromatic rings. The Balaban J connectivity index is 0.00000324. The SMILES string of the molecule is CC(C)(C)NC(=[NH+]Cc1ccccc1)C(C)(C)Cl.[Cl-]. The van der Waals surface area contributed by atoms with Gasteiger partial charge in [-0.15, -0.1) is 11.6 Å². The molecule has 0 aliphatic rings. The molecule has 2 N–H and O–H groups in total. The van der Waals surface area contributed by atoms with Gasteiger partial charge < -0.3 is 12.4 Å². The Hall–Kier alpha value is -0.730. The van der Waals surface area contributed by atoms with E-state index in [2.05, 4.69) is 43.2 Å². The number of benzene rings is 1. The van der Waals surface area contributed by atoms with Crippen molar-refractivity contribution in [3.63, 3.8) is 0 Å². The van der Waals surface area contributed by atoms with Crippen molar-refractivity contribution in [2.24, 2.45) is 0 Å². The average Bonchev–Trinajstić information content (AvgIpc) is 2.22. The van der Waals surface area contributed by atoms with E-state index in [-0.39, 0.29) is 17.9 Å². The summed E-state index contributed by atoms with van der Waals surface area (Å²) < 4.78 is 0. The maximum absolute atomic E-state index is 6.41. The van der Waals surface area contributed by atoms with E-state index in [9.17, 15) is 0 Å². The Kier molecular flexibility index (Phi) is 6.88. The van der Waals surface area contributed by atoms with Gasteiger partial charge in [-0.2, -0.15) is 0 Å². The lowest BCUT2D eigenvalue weighted by Gasteiger charge is -2.22. The Morgan fingerprint density at radius 1 is 1.11 bits per heavy atom. The lowest BCUT2D eigenvalue weighted by Crippen LogP contribution is -3.00. The van der Waals surface area contributed by atoms with Gasteiger partial charge in [0.2, 0.25) is 0 Å². The van der Waals surface area contributed by atoms with Crippen molar-refractivity contribution < 1.29 is 17.4 Å². The average molecular weight is 303 g/mol. The molecule has 0 radical (unpaired) electrons. The van der Waals surface area contributed by atoms with Crippen LogP contribution in [0.3, 0.4) is 0 Å². The lowest BCUT2D eigenvalue weighted by atomic mass is 10.1. The van der Waals surface area contributed by atoms with Crippen LogP contribution in [0.15, 0.2) is 30.3 Å². The fourth-order valence-electron chi connectivity index (χ4n) is 1.56. The molecule has 0 fully saturated rings. The third kappa shape index (κ3) is 7.44. The number of halogens is 2. The molecule has 0 heterocycles. The molecule has 4 heteroatoms. The molecule has 108 valence electrons. The third-order valence-corrected chi connectivity index (χ3v) is 2.60. The summed E-state index contributed by atoms with van der Waals surface area (Å²) in [6.07, 6.45) is 0. The van der Waals surface area contributed by atoms with Crippen LogP contribution in [-0.4, -0.2) is 16.2 Å². The maximum atomic E-state index is 6.41. The highest BCUT2D eigenvalue weighted by Crippen LogP contribution is 2.13. The largest absolute Gasteiger partial charge is 1.00 e. The second-order valence-corrected chi connectivity index (χ2v) is 7.01. The van der Waals surface area contributed by atoms with Crippen LogP contribution in [0.25, 0.3) is 0 Å². The minimum Gasteiger partial charge on any atom is -1.00 e. The van der Waals surface area contributed by atoms with Gasteiger partial charge in [-0.3, -0.25) is 10.3 Å². The zero-order chi connectivity index (χ0) is 13.8. The van der Waals surface area contributed by atoms with Gasteiger partial charge in [0.05, 0.1) is 5.54 Å². The minimum atomic E-state index is -0.429. The van der Waals surface area contributed by atoms with Crippen molar-refractivity contribution in [3.05, 3.63) is 35.9 Å². The summed E-state index contributed by atoms with van der Waals surface area (Å²) in [7, 11) is 0. The van der Waals surface area contributed by atoms with E-state index in [0.717, 1.165) is 12.4 Å². The molecule has 0 saturated heterocycles. The van der Waals surface area contributed by atoms with E-state index in [1.54, 1.807) is 0 Å². The summed E-state index contributed by atoms with van der Waals surface area (Å²) in [4.78, 5) is 2.98. The second kappa shape index (κ2) is 7.16. The molecule has 1 rings (SSSR count). The lowest BCUT2D eigenvalue weighted by molar-refractivity contribution is -0.480. The standard InChI is InChI=1S/C15H23ClN2.ClH/c1-14(2,3)18-13(15(4,5)16)17-11-12-9-7-6-8-10-12;/h6-10H,11H2,1-5H3,(H,17,18);1H. The minimum absolute atomic E-state index is 0. The van der Waals surface area contributed by atoms with Crippen LogP contribution in [-0.2, 0) is 6.54 Å². The van der Waals surface area contributed by atoms with Crippen LogP contribution >= 0.6 is 11.6 Å². The van der Waals surface area contributed by atoms with E-state index >= 15 is 0 Å². The third-order valence-electron chi connectivity index (χ3n) is 2.41. The smallest absolute Gasteiger partial charge is 0.264 e. The summed E-state index contributed by atoms with van der Waals surface area (Å²) in [5, 5.41) is 3.44. The molecular formula is C15H24Cl2N2. The first-order valence-corrected chi connectivity index (χ1v) is 6.68. The highest BCUT2D eigenvalue weighted by atomic mass is 35.5. The van der Waals surface area contributed by atoms with Crippen LogP contribution < -0.4 is 22.7 Å². The van der Waals surface area contributed by atoms with Crippen molar-refractivity contribution in [2.45, 2.75) is 51.6 Å². The molecule has 1 aromatic carbocycles. The van der Waals surface area contributed by atoms with Gasteiger partial charge in [-0.1, -0.05) is 30.3 Å². The molecule has 0 aliphatic heterocycles. The van der Waals surface area contributed by atoms with Crippen molar-refractivity contribution in [2.75, 3.05) is 0 Å². The first kappa shape index (κ1) is 18.3. The number of alkyl halides is 1. The maximum Gasteiger partial charge on any atom is 0.264 e. The summed E-state index contributed by atoms with van der Waals surface area (Å²) in [5.41, 5.74) is 1.23. The van der Waals surface area contributed by atoms with Crippen molar-refractivity contribution >= 4 is 17.4 Å². The molecule has 2 nitrogen and oxygen atoms in total. The van der Waals surface area contributed by atoms with Gasteiger partial charge in [0.15, 0.2) is 0 Å². The van der Waals surface area contributed by atoms with E-state index < -0.39 is 4.87 Å². The van der Waals surface area contributed by atoms with E-state index in [0.29, 0.717) is 0 Å². The zero-order valence-corrected chi connectivity index (χ0v) is 13.9. The molecule has 0 aliphatic carbocycles. The highest BCUT2D eigenvalue weighted by molar-refractivity contribution is 6.34. The fourth-order valence-corrected chi connectivity index (χ4v) is 1.68. The van der Waals surface area contributed by atoms with Crippen LogP contribution in [0, 0.1) is 0 Å². The number of hydrogen-bond donors (Lipinski definition) is 2. The molecule has 0 atom stereocenters. The predicted molar refractivity (Wildman–Crippen MR) is 78.9 cm³/mol. The Labute approximate surface area is 128 Å². The molecule has 0 amide bonds. The molecule has 0 aromatic heterocycles. The quantitative estimate of drug-likeness (QED) is 0.421. The Bertz CT molecular complexity index is 400. The normalized spacial score (nSPS) is 12.8. The van der Waals surface area contributed by atoms with Gasteiger partial charge in [0, 0.05) is 0 Å². The number of amidine groups is 1. The second-order valence-electron chi connectivity index (χ2n) is 6.06. The summed E-state index contributed by atoms with van der Waals surface area (Å²) in [5.74, 6) is 0.959. The number of nitrogens with one attached hydrogen (secondary N) is 2. The summed E-state index contributed by atoms with van der Waals surface area (Å²) in [6.45, 7) is 11.1. The van der Waals surface area contributed by atoms with Crippen LogP contribution in [0.5, 0.6) is 0 Å². The van der Waals surface area contributed by atoms with Crippen molar-refractivity contribution in [1.29, 1.82) is 0 Å². The summed E-state index contributed by atoms with van der Waals surface area (Å²) in [6, 6.07) is 10.3. The summed E-state index contributed by atoms with van der Waals surface area (Å²) >= 11 is 6.41. The van der Waals surface area contributed by atoms with Gasteiger partial charge in [0.25, 0.3) is 5.84 Å². The molecule has 0 bridgehead atoms. The van der Waals surface area contributed by atoms with Crippen molar-refractivity contribution in [3.8, 4) is 0 Å². The Morgan fingerprint density at radius 3 is 2.05 bits per heavy atom. The predicted octanol–water partition coefficient (Wildman–Crippen LogP) is -0.925. The molecule has 0 unspecified atom stereocenters. The molecule has 0 spiro atoms. The topological polar surface area (TPSA) is 26.0 Å². The Morgan fingerprint density at radius 2 is 1.63 bits per heavy atom. The highest BCUT2D eigenvalue weighted by Gasteiger charge is 2.31. The molecular weight excluding hydrogens is 279 g/mol. The molecule has 19 heavy (non-hydrogen) atoms. The monoisotopic (exact) mass is 302 g/mol. The zero-order valence-electron chi connectivity index (χ0n) is 12.3. The van der Waals surface area contributed by atoms with E-state index in [1.807, 2.05) is 32.0 Å². The fraction of sp³-hybridized carbons (Fsp3) is 0.533. The van der Waals surface area contributed by atoms with Gasteiger partial charge in [-0.25, -0.2) is 0 Å². The number of rotatable bonds is 3. The molecule has 0 saturated carbocycles.